The number of H-pyrrole nitrogens is 1. The number of nitrogens with one attached hydrogen (secondary N) is 1. The van der Waals surface area contributed by atoms with E-state index >= 15 is 0 Å². The van der Waals surface area contributed by atoms with Gasteiger partial charge in [0.1, 0.15) is 0 Å². The molecule has 0 unspecified atom stereocenters. The zero-order valence-electron chi connectivity index (χ0n) is 15.7. The molecule has 8 nitrogen and oxygen atoms in total. The van der Waals surface area contributed by atoms with E-state index < -0.39 is 5.97 Å². The molecule has 4 aromatic rings. The molecule has 0 bridgehead atoms. The number of rotatable bonds is 3. The minimum Gasteiger partial charge on any atom is -0.403 e. The zero-order valence-corrected chi connectivity index (χ0v) is 16.5. The number of carbonyl (C=O) groups excluding carboxylic acids is 1. The van der Waals surface area contributed by atoms with Gasteiger partial charge in [0, 0.05) is 6.07 Å². The van der Waals surface area contributed by atoms with E-state index in [0.29, 0.717) is 11.3 Å². The third kappa shape index (κ3) is 3.09. The Morgan fingerprint density at radius 3 is 2.64 bits per heavy atom. The second kappa shape index (κ2) is 6.68. The minimum atomic E-state index is -0.656. The minimum absolute atomic E-state index is 0.101. The van der Waals surface area contributed by atoms with Crippen molar-refractivity contribution >= 4 is 27.7 Å². The molecule has 0 aliphatic rings. The summed E-state index contributed by atoms with van der Waals surface area (Å²) in [4.78, 5) is 30.7. The van der Waals surface area contributed by atoms with E-state index in [1.54, 1.807) is 17.7 Å². The lowest BCUT2D eigenvalue weighted by Gasteiger charge is -2.07. The lowest BCUT2D eigenvalue weighted by atomic mass is 10.1. The summed E-state index contributed by atoms with van der Waals surface area (Å²) in [6.07, 6.45) is 0. The molecule has 0 spiro atoms. The molecule has 0 amide bonds. The van der Waals surface area contributed by atoms with Gasteiger partial charge in [-0.15, -0.1) is 5.10 Å². The van der Waals surface area contributed by atoms with Gasteiger partial charge in [0.05, 0.1) is 16.1 Å². The zero-order chi connectivity index (χ0) is 20.0. The molecule has 9 heteroatoms. The number of aromatic amines is 1. The van der Waals surface area contributed by atoms with E-state index in [1.807, 2.05) is 39.0 Å². The summed E-state index contributed by atoms with van der Waals surface area (Å²) < 4.78 is 7.72. The van der Waals surface area contributed by atoms with Crippen molar-refractivity contribution in [2.75, 3.05) is 0 Å². The van der Waals surface area contributed by atoms with Crippen LogP contribution in [0.1, 0.15) is 32.9 Å². The average molecular weight is 395 g/mol. The maximum Gasteiger partial charge on any atom is 0.367 e. The first-order chi connectivity index (χ1) is 13.3. The monoisotopic (exact) mass is 395 g/mol. The highest BCUT2D eigenvalue weighted by molar-refractivity contribution is 7.16. The molecule has 0 saturated heterocycles. The molecule has 0 saturated carbocycles. The second-order valence-electron chi connectivity index (χ2n) is 6.56. The van der Waals surface area contributed by atoms with Crippen molar-refractivity contribution in [2.24, 2.45) is 0 Å². The SMILES string of the molecule is Cc1ccc(-n2nnc(C(=O)Oc3cc(C)c4sc(=O)[nH]c4n3)c2C)cc1C. The maximum atomic E-state index is 12.6. The number of fused-ring (bicyclic) bond motifs is 1. The van der Waals surface area contributed by atoms with E-state index in [-0.39, 0.29) is 16.4 Å². The number of esters is 1. The highest BCUT2D eigenvalue weighted by atomic mass is 32.1. The van der Waals surface area contributed by atoms with Gasteiger partial charge in [-0.25, -0.2) is 9.48 Å². The van der Waals surface area contributed by atoms with E-state index in [2.05, 4.69) is 20.3 Å². The van der Waals surface area contributed by atoms with Crippen LogP contribution in [-0.2, 0) is 0 Å². The number of carbonyl (C=O) groups is 1. The van der Waals surface area contributed by atoms with Crippen LogP contribution in [0.5, 0.6) is 5.88 Å². The molecule has 4 rings (SSSR count). The molecule has 0 fully saturated rings. The summed E-state index contributed by atoms with van der Waals surface area (Å²) >= 11 is 1.07. The van der Waals surface area contributed by atoms with Crippen LogP contribution in [0.15, 0.2) is 29.1 Å². The Bertz CT molecular complexity index is 1280. The summed E-state index contributed by atoms with van der Waals surface area (Å²) in [5, 5.41) is 8.07. The predicted octanol–water partition coefficient (Wildman–Crippen LogP) is 3.02. The summed E-state index contributed by atoms with van der Waals surface area (Å²) in [6, 6.07) is 7.52. The van der Waals surface area contributed by atoms with Gasteiger partial charge in [-0.1, -0.05) is 22.6 Å². The van der Waals surface area contributed by atoms with Crippen LogP contribution >= 0.6 is 11.3 Å². The van der Waals surface area contributed by atoms with Gasteiger partial charge in [-0.05, 0) is 56.5 Å². The molecular formula is C19H17N5O3S. The molecule has 1 N–H and O–H groups in total. The first-order valence-corrected chi connectivity index (χ1v) is 9.37. The molecule has 0 aliphatic carbocycles. The number of hydrogen-bond acceptors (Lipinski definition) is 7. The normalized spacial score (nSPS) is 11.1. The quantitative estimate of drug-likeness (QED) is 0.535. The van der Waals surface area contributed by atoms with Crippen molar-refractivity contribution in [3.05, 3.63) is 62.0 Å². The second-order valence-corrected chi connectivity index (χ2v) is 7.55. The third-order valence-corrected chi connectivity index (χ3v) is 5.58. The summed E-state index contributed by atoms with van der Waals surface area (Å²) in [6.45, 7) is 7.62. The van der Waals surface area contributed by atoms with Crippen LogP contribution in [0.25, 0.3) is 16.0 Å². The highest BCUT2D eigenvalue weighted by Crippen LogP contribution is 2.23. The lowest BCUT2D eigenvalue weighted by Crippen LogP contribution is -2.12. The molecule has 0 radical (unpaired) electrons. The Hall–Kier alpha value is -3.33. The molecule has 142 valence electrons. The molecule has 28 heavy (non-hydrogen) atoms. The van der Waals surface area contributed by atoms with Gasteiger partial charge in [-0.3, -0.25) is 9.78 Å². The van der Waals surface area contributed by atoms with Crippen LogP contribution in [0.2, 0.25) is 0 Å². The van der Waals surface area contributed by atoms with Crippen molar-refractivity contribution in [1.29, 1.82) is 0 Å². The number of pyridine rings is 1. The first kappa shape index (κ1) is 18.1. The fourth-order valence-electron chi connectivity index (χ4n) is 2.88. The number of nitrogens with zero attached hydrogens (tertiary/aromatic N) is 4. The fraction of sp³-hybridized carbons (Fsp3) is 0.211. The van der Waals surface area contributed by atoms with Gasteiger partial charge >= 0.3 is 10.8 Å². The molecule has 0 atom stereocenters. The topological polar surface area (TPSA) is 103 Å². The lowest BCUT2D eigenvalue weighted by molar-refractivity contribution is 0.0721. The Morgan fingerprint density at radius 1 is 1.11 bits per heavy atom. The van der Waals surface area contributed by atoms with Gasteiger partial charge in [-0.2, -0.15) is 4.98 Å². The molecule has 3 aromatic heterocycles. The van der Waals surface area contributed by atoms with E-state index in [9.17, 15) is 9.59 Å². The maximum absolute atomic E-state index is 12.6. The predicted molar refractivity (Wildman–Crippen MR) is 106 cm³/mol. The third-order valence-electron chi connectivity index (χ3n) is 4.57. The Morgan fingerprint density at radius 2 is 1.89 bits per heavy atom. The van der Waals surface area contributed by atoms with Gasteiger partial charge < -0.3 is 4.74 Å². The first-order valence-electron chi connectivity index (χ1n) is 8.56. The molecule has 3 heterocycles. The van der Waals surface area contributed by atoms with E-state index in [1.165, 1.54) is 5.56 Å². The number of aryl methyl sites for hydroxylation is 3. The van der Waals surface area contributed by atoms with Crippen LogP contribution in [0.4, 0.5) is 0 Å². The van der Waals surface area contributed by atoms with Crippen LogP contribution in [-0.4, -0.2) is 30.9 Å². The average Bonchev–Trinajstić information content (AvgIpc) is 3.20. The van der Waals surface area contributed by atoms with Crippen molar-refractivity contribution in [2.45, 2.75) is 27.7 Å². The Kier molecular flexibility index (Phi) is 4.31. The summed E-state index contributed by atoms with van der Waals surface area (Å²) in [5.41, 5.74) is 4.98. The van der Waals surface area contributed by atoms with Gasteiger partial charge in [0.15, 0.2) is 11.3 Å². The summed E-state index contributed by atoms with van der Waals surface area (Å²) in [5.74, 6) is -0.555. The van der Waals surface area contributed by atoms with Gasteiger partial charge in [0.25, 0.3) is 0 Å². The van der Waals surface area contributed by atoms with Crippen molar-refractivity contribution in [3.63, 3.8) is 0 Å². The number of hydrogen-bond donors (Lipinski definition) is 1. The van der Waals surface area contributed by atoms with Crippen LogP contribution in [0, 0.1) is 27.7 Å². The van der Waals surface area contributed by atoms with Crippen molar-refractivity contribution < 1.29 is 9.53 Å². The standard InChI is InChI=1S/C19H17N5O3S/c1-9-5-6-13(7-10(9)2)24-12(4)15(22-23-24)18(25)27-14-8-11(3)16-17(20-14)21-19(26)28-16/h5-8H,1-4H3,(H,20,21,26). The number of ether oxygens (including phenoxy) is 1. The number of aromatic nitrogens is 5. The highest BCUT2D eigenvalue weighted by Gasteiger charge is 2.21. The van der Waals surface area contributed by atoms with Gasteiger partial charge in [0.2, 0.25) is 5.88 Å². The van der Waals surface area contributed by atoms with Crippen LogP contribution < -0.4 is 9.61 Å². The van der Waals surface area contributed by atoms with Crippen molar-refractivity contribution in [1.82, 2.24) is 25.0 Å². The number of benzene rings is 1. The largest absolute Gasteiger partial charge is 0.403 e. The fourth-order valence-corrected chi connectivity index (χ4v) is 3.62. The molecular weight excluding hydrogens is 378 g/mol. The van der Waals surface area contributed by atoms with Crippen LogP contribution in [0.3, 0.4) is 0 Å². The Balaban J connectivity index is 1.65. The molecule has 1 aromatic carbocycles. The summed E-state index contributed by atoms with van der Waals surface area (Å²) in [7, 11) is 0. The molecule has 0 aliphatic heterocycles. The Labute approximate surface area is 163 Å². The van der Waals surface area contributed by atoms with Crippen molar-refractivity contribution in [3.8, 4) is 11.6 Å². The van der Waals surface area contributed by atoms with E-state index in [0.717, 1.165) is 32.9 Å². The smallest absolute Gasteiger partial charge is 0.367 e. The number of thiazole rings is 1. The van der Waals surface area contributed by atoms with E-state index in [4.69, 9.17) is 4.74 Å².